The van der Waals surface area contributed by atoms with Crippen LogP contribution in [-0.2, 0) is 0 Å². The molecule has 1 aromatic carbocycles. The molecule has 1 aliphatic heterocycles. The lowest BCUT2D eigenvalue weighted by Crippen LogP contribution is -2.48. The molecule has 10 nitrogen and oxygen atoms in total. The van der Waals surface area contributed by atoms with E-state index in [2.05, 4.69) is 15.6 Å². The van der Waals surface area contributed by atoms with Crippen LogP contribution < -0.4 is 34.5 Å². The number of hydrogen-bond acceptors (Lipinski definition) is 10. The van der Waals surface area contributed by atoms with Gasteiger partial charge in [0.15, 0.2) is 17.3 Å². The average molecular weight is 460 g/mol. The predicted molar refractivity (Wildman–Crippen MR) is 126 cm³/mol. The summed E-state index contributed by atoms with van der Waals surface area (Å²) >= 11 is 0. The number of anilines is 3. The summed E-state index contributed by atoms with van der Waals surface area (Å²) in [4.78, 5) is 11.3. The first-order valence-electron chi connectivity index (χ1n) is 11.1. The molecule has 180 valence electrons. The molecule has 2 heterocycles. The Balaban J connectivity index is 1.33. The third-order valence-electron chi connectivity index (χ3n) is 6.46. The maximum Gasteiger partial charge on any atom is 0.225 e. The monoisotopic (exact) mass is 459 g/mol. The molecule has 10 heteroatoms. The topological polar surface area (TPSA) is 110 Å². The Morgan fingerprint density at radius 3 is 2.39 bits per heavy atom. The average Bonchev–Trinajstić information content (AvgIpc) is 2.78. The standard InChI is InChI=1S/C23H33N5O5/c1-12-19-21(28(3)13(2)22(29)26-19)27-23(24-12)25-15-7-14(8-15)11-33-16-9-17(30-4)20(32-6)18(10-16)31-5/h9-10,13-15,22,26,29H,7-8,11H2,1-6H3,(H,24,25,27)/t13-,14?,15?,22?/m0/s1. The van der Waals surface area contributed by atoms with Crippen LogP contribution in [0, 0.1) is 12.8 Å². The van der Waals surface area contributed by atoms with Crippen molar-refractivity contribution in [2.75, 3.05) is 50.5 Å². The van der Waals surface area contributed by atoms with Gasteiger partial charge in [-0.1, -0.05) is 0 Å². The normalized spacial score (nSPS) is 23.7. The minimum atomic E-state index is -0.651. The van der Waals surface area contributed by atoms with E-state index >= 15 is 0 Å². The fourth-order valence-corrected chi connectivity index (χ4v) is 4.25. The first-order valence-corrected chi connectivity index (χ1v) is 11.1. The second-order valence-electron chi connectivity index (χ2n) is 8.62. The minimum absolute atomic E-state index is 0.0833. The summed E-state index contributed by atoms with van der Waals surface area (Å²) in [6.45, 7) is 4.47. The number of aryl methyl sites for hydroxylation is 1. The van der Waals surface area contributed by atoms with Crippen molar-refractivity contribution >= 4 is 17.5 Å². The largest absolute Gasteiger partial charge is 0.493 e. The molecule has 1 unspecified atom stereocenters. The molecule has 0 saturated heterocycles. The van der Waals surface area contributed by atoms with Crippen LogP contribution >= 0.6 is 0 Å². The lowest BCUT2D eigenvalue weighted by atomic mass is 9.81. The van der Waals surface area contributed by atoms with E-state index in [1.165, 1.54) is 0 Å². The zero-order valence-corrected chi connectivity index (χ0v) is 20.0. The van der Waals surface area contributed by atoms with Crippen molar-refractivity contribution in [3.8, 4) is 23.0 Å². The first-order chi connectivity index (χ1) is 15.8. The summed E-state index contributed by atoms with van der Waals surface area (Å²) in [6.07, 6.45) is 1.28. The number of hydrogen-bond donors (Lipinski definition) is 3. The number of nitrogens with zero attached hydrogens (tertiary/aromatic N) is 3. The number of likely N-dealkylation sites (N-methyl/N-ethyl adjacent to an activating group) is 1. The Labute approximate surface area is 194 Å². The van der Waals surface area contributed by atoms with Crippen molar-refractivity contribution in [2.24, 2.45) is 5.92 Å². The van der Waals surface area contributed by atoms with Gasteiger partial charge in [-0.3, -0.25) is 0 Å². The number of benzene rings is 1. The lowest BCUT2D eigenvalue weighted by molar-refractivity contribution is 0.166. The molecule has 0 spiro atoms. The highest BCUT2D eigenvalue weighted by Crippen LogP contribution is 2.41. The van der Waals surface area contributed by atoms with Gasteiger partial charge in [0.2, 0.25) is 11.7 Å². The SMILES string of the molecule is COc1cc(OCC2CC(Nc3nc(C)c4c(n3)N(C)[C@@H](C)C(O)N4)C2)cc(OC)c1OC. The van der Waals surface area contributed by atoms with Gasteiger partial charge in [-0.25, -0.2) is 4.98 Å². The van der Waals surface area contributed by atoms with Gasteiger partial charge in [-0.05, 0) is 32.6 Å². The second kappa shape index (κ2) is 9.38. The Bertz CT molecular complexity index is 972. The Morgan fingerprint density at radius 1 is 1.12 bits per heavy atom. The van der Waals surface area contributed by atoms with E-state index in [-0.39, 0.29) is 6.04 Å². The molecule has 0 amide bonds. The fourth-order valence-electron chi connectivity index (χ4n) is 4.25. The van der Waals surface area contributed by atoms with E-state index in [0.717, 1.165) is 30.0 Å². The zero-order chi connectivity index (χ0) is 23.7. The van der Waals surface area contributed by atoms with Crippen LogP contribution in [0.5, 0.6) is 23.0 Å². The molecule has 1 aromatic heterocycles. The van der Waals surface area contributed by atoms with Crippen LogP contribution in [0.15, 0.2) is 12.1 Å². The zero-order valence-electron chi connectivity index (χ0n) is 20.0. The molecular weight excluding hydrogens is 426 g/mol. The number of aliphatic hydroxyl groups is 1. The minimum Gasteiger partial charge on any atom is -0.493 e. The number of methoxy groups -OCH3 is 3. The number of fused-ring (bicyclic) bond motifs is 1. The molecule has 1 saturated carbocycles. The van der Waals surface area contributed by atoms with E-state index < -0.39 is 6.23 Å². The van der Waals surface area contributed by atoms with Crippen LogP contribution in [0.2, 0.25) is 0 Å². The molecular formula is C23H33N5O5. The summed E-state index contributed by atoms with van der Waals surface area (Å²) < 4.78 is 22.1. The van der Waals surface area contributed by atoms with E-state index in [0.29, 0.717) is 47.5 Å². The Hall–Kier alpha value is -3.14. The summed E-state index contributed by atoms with van der Waals surface area (Å²) in [7, 11) is 6.69. The van der Waals surface area contributed by atoms with E-state index in [4.69, 9.17) is 23.9 Å². The van der Waals surface area contributed by atoms with Gasteiger partial charge in [-0.15, -0.1) is 0 Å². The first kappa shape index (κ1) is 23.0. The van der Waals surface area contributed by atoms with Crippen molar-refractivity contribution in [1.82, 2.24) is 9.97 Å². The highest BCUT2D eigenvalue weighted by molar-refractivity contribution is 5.72. The number of rotatable bonds is 8. The van der Waals surface area contributed by atoms with Crippen molar-refractivity contribution in [1.29, 1.82) is 0 Å². The summed E-state index contributed by atoms with van der Waals surface area (Å²) in [6, 6.07) is 3.82. The van der Waals surface area contributed by atoms with Gasteiger partial charge in [0.25, 0.3) is 0 Å². The molecule has 2 atom stereocenters. The smallest absolute Gasteiger partial charge is 0.225 e. The van der Waals surface area contributed by atoms with Crippen molar-refractivity contribution in [3.63, 3.8) is 0 Å². The molecule has 1 aliphatic carbocycles. The van der Waals surface area contributed by atoms with Gasteiger partial charge >= 0.3 is 0 Å². The maximum absolute atomic E-state index is 10.2. The van der Waals surface area contributed by atoms with Crippen molar-refractivity contribution < 1.29 is 24.1 Å². The highest BCUT2D eigenvalue weighted by Gasteiger charge is 2.33. The number of aliphatic hydroxyl groups excluding tert-OH is 1. The lowest BCUT2D eigenvalue weighted by Gasteiger charge is -2.39. The van der Waals surface area contributed by atoms with E-state index in [1.54, 1.807) is 21.3 Å². The summed E-state index contributed by atoms with van der Waals surface area (Å²) in [5, 5.41) is 16.7. The molecule has 4 rings (SSSR count). The Morgan fingerprint density at radius 2 is 1.79 bits per heavy atom. The van der Waals surface area contributed by atoms with Crippen LogP contribution in [0.3, 0.4) is 0 Å². The van der Waals surface area contributed by atoms with Crippen molar-refractivity contribution in [3.05, 3.63) is 17.8 Å². The fraction of sp³-hybridized carbons (Fsp3) is 0.565. The van der Waals surface area contributed by atoms with Gasteiger partial charge in [-0.2, -0.15) is 4.98 Å². The number of nitrogens with one attached hydrogen (secondary N) is 2. The third kappa shape index (κ3) is 4.52. The molecule has 1 fully saturated rings. The molecule has 3 N–H and O–H groups in total. The van der Waals surface area contributed by atoms with E-state index in [9.17, 15) is 5.11 Å². The van der Waals surface area contributed by atoms with E-state index in [1.807, 2.05) is 37.9 Å². The van der Waals surface area contributed by atoms with Gasteiger partial charge in [0.1, 0.15) is 17.7 Å². The van der Waals surface area contributed by atoms with Crippen LogP contribution in [0.1, 0.15) is 25.5 Å². The molecule has 0 bridgehead atoms. The Kier molecular flexibility index (Phi) is 6.55. The summed E-state index contributed by atoms with van der Waals surface area (Å²) in [5.74, 6) is 4.20. The molecule has 2 aromatic rings. The molecule has 0 radical (unpaired) electrons. The summed E-state index contributed by atoms with van der Waals surface area (Å²) in [5.41, 5.74) is 1.58. The van der Waals surface area contributed by atoms with Crippen molar-refractivity contribution in [2.45, 2.75) is 45.0 Å². The molecule has 33 heavy (non-hydrogen) atoms. The predicted octanol–water partition coefficient (Wildman–Crippen LogP) is 2.65. The van der Waals surface area contributed by atoms with Crippen LogP contribution in [0.25, 0.3) is 0 Å². The van der Waals surface area contributed by atoms with Gasteiger partial charge < -0.3 is 39.6 Å². The third-order valence-corrected chi connectivity index (χ3v) is 6.46. The van der Waals surface area contributed by atoms with Gasteiger partial charge in [0.05, 0.1) is 39.7 Å². The number of ether oxygens (including phenoxy) is 4. The molecule has 2 aliphatic rings. The van der Waals surface area contributed by atoms with Crippen LogP contribution in [-0.4, -0.2) is 68.4 Å². The van der Waals surface area contributed by atoms with Gasteiger partial charge in [0, 0.05) is 25.2 Å². The number of aromatic nitrogens is 2. The highest BCUT2D eigenvalue weighted by atomic mass is 16.5. The quantitative estimate of drug-likeness (QED) is 0.545. The maximum atomic E-state index is 10.2. The second-order valence-corrected chi connectivity index (χ2v) is 8.62. The van der Waals surface area contributed by atoms with Crippen LogP contribution in [0.4, 0.5) is 17.5 Å².